The van der Waals surface area contributed by atoms with E-state index in [1.54, 1.807) is 0 Å². The molecule has 5 nitrogen and oxygen atoms in total. The van der Waals surface area contributed by atoms with Gasteiger partial charge in [0.05, 0.1) is 0 Å². The highest BCUT2D eigenvalue weighted by Gasteiger charge is 2.12. The molecule has 0 saturated heterocycles. The van der Waals surface area contributed by atoms with Crippen molar-refractivity contribution in [3.05, 3.63) is 84.9 Å². The van der Waals surface area contributed by atoms with E-state index in [0.29, 0.717) is 0 Å². The Hall–Kier alpha value is -4.12. The van der Waals surface area contributed by atoms with Crippen molar-refractivity contribution in [2.75, 3.05) is 28.7 Å². The third-order valence-corrected chi connectivity index (χ3v) is 5.86. The Labute approximate surface area is 181 Å². The fourth-order valence-electron chi connectivity index (χ4n) is 4.07. The molecular weight excluding hydrogens is 382 g/mol. The van der Waals surface area contributed by atoms with Crippen LogP contribution in [0.15, 0.2) is 84.9 Å². The molecule has 0 atom stereocenters. The number of nitrogens with one attached hydrogen (secondary N) is 1. The number of aryl methyl sites for hydroxylation is 1. The first kappa shape index (κ1) is 18.9. The van der Waals surface area contributed by atoms with Crippen molar-refractivity contribution < 1.29 is 0 Å². The number of nitrogen functional groups attached to an aromatic ring is 2. The summed E-state index contributed by atoms with van der Waals surface area (Å²) in [5.41, 5.74) is 19.9. The molecule has 5 heteroatoms. The van der Waals surface area contributed by atoms with Gasteiger partial charge in [0.2, 0.25) is 0 Å². The van der Waals surface area contributed by atoms with Gasteiger partial charge >= 0.3 is 0 Å². The molecule has 5 N–H and O–H groups in total. The summed E-state index contributed by atoms with van der Waals surface area (Å²) in [5, 5.41) is 5.91. The summed E-state index contributed by atoms with van der Waals surface area (Å²) in [4.78, 5) is 2.17. The van der Waals surface area contributed by atoms with Crippen LogP contribution in [0.1, 0.15) is 0 Å². The highest BCUT2D eigenvalue weighted by atomic mass is 15.1. The van der Waals surface area contributed by atoms with Crippen LogP contribution in [0.5, 0.6) is 0 Å². The van der Waals surface area contributed by atoms with Crippen LogP contribution in [0.3, 0.4) is 0 Å². The molecule has 0 aliphatic rings. The number of hydrogen-bond donors (Lipinski definition) is 3. The van der Waals surface area contributed by atoms with Crippen LogP contribution in [-0.4, -0.2) is 11.6 Å². The Bertz CT molecular complexity index is 1380. The van der Waals surface area contributed by atoms with Crippen molar-refractivity contribution in [2.24, 2.45) is 7.05 Å². The quantitative estimate of drug-likeness (QED) is 0.319. The number of aromatic nitrogens is 1. The molecule has 0 unspecified atom stereocenters. The fourth-order valence-corrected chi connectivity index (χ4v) is 4.07. The molecule has 0 bridgehead atoms. The maximum absolute atomic E-state index is 5.85. The summed E-state index contributed by atoms with van der Waals surface area (Å²) in [5.74, 6) is 0. The lowest BCUT2D eigenvalue weighted by Gasteiger charge is -2.20. The van der Waals surface area contributed by atoms with Crippen LogP contribution in [-0.2, 0) is 7.05 Å². The average molecular weight is 408 g/mol. The van der Waals surface area contributed by atoms with E-state index in [4.69, 9.17) is 11.5 Å². The SMILES string of the molecule is CN(c1ccc(N)cc1)c1ccc2c(c1)c1cc(Nc3ccc(N)cc3)ccc1n2C. The topological polar surface area (TPSA) is 72.2 Å². The van der Waals surface area contributed by atoms with Gasteiger partial charge < -0.3 is 26.3 Å². The van der Waals surface area contributed by atoms with E-state index in [1.165, 1.54) is 21.8 Å². The minimum atomic E-state index is 0.757. The van der Waals surface area contributed by atoms with Gasteiger partial charge in [-0.05, 0) is 84.9 Å². The number of fused-ring (bicyclic) bond motifs is 3. The van der Waals surface area contributed by atoms with Gasteiger partial charge in [-0.3, -0.25) is 0 Å². The molecule has 0 radical (unpaired) electrons. The largest absolute Gasteiger partial charge is 0.399 e. The maximum atomic E-state index is 5.85. The van der Waals surface area contributed by atoms with Crippen molar-refractivity contribution in [3.63, 3.8) is 0 Å². The van der Waals surface area contributed by atoms with E-state index in [-0.39, 0.29) is 0 Å². The normalized spacial score (nSPS) is 11.2. The van der Waals surface area contributed by atoms with Gasteiger partial charge in [-0.15, -0.1) is 0 Å². The zero-order valence-electron chi connectivity index (χ0n) is 17.6. The van der Waals surface area contributed by atoms with E-state index >= 15 is 0 Å². The van der Waals surface area contributed by atoms with Crippen molar-refractivity contribution in [3.8, 4) is 0 Å². The number of nitrogens with two attached hydrogens (primary N) is 2. The Morgan fingerprint density at radius 2 is 1.16 bits per heavy atom. The van der Waals surface area contributed by atoms with E-state index in [9.17, 15) is 0 Å². The van der Waals surface area contributed by atoms with Crippen LogP contribution >= 0.6 is 0 Å². The fraction of sp³-hybridized carbons (Fsp3) is 0.0769. The van der Waals surface area contributed by atoms with Gasteiger partial charge in [-0.1, -0.05) is 0 Å². The second kappa shape index (κ2) is 7.29. The van der Waals surface area contributed by atoms with Crippen molar-refractivity contribution in [1.29, 1.82) is 0 Å². The van der Waals surface area contributed by atoms with Crippen LogP contribution < -0.4 is 21.7 Å². The summed E-state index contributed by atoms with van der Waals surface area (Å²) in [6.45, 7) is 0. The zero-order valence-corrected chi connectivity index (χ0v) is 17.6. The molecule has 1 aromatic heterocycles. The molecule has 5 rings (SSSR count). The Morgan fingerprint density at radius 3 is 1.84 bits per heavy atom. The lowest BCUT2D eigenvalue weighted by atomic mass is 10.1. The summed E-state index contributed by atoms with van der Waals surface area (Å²) < 4.78 is 2.24. The predicted octanol–water partition coefficient (Wildman–Crippen LogP) is 6.01. The third-order valence-electron chi connectivity index (χ3n) is 5.86. The predicted molar refractivity (Wildman–Crippen MR) is 133 cm³/mol. The number of anilines is 6. The molecule has 0 amide bonds. The molecule has 31 heavy (non-hydrogen) atoms. The Kier molecular flexibility index (Phi) is 4.44. The first-order valence-corrected chi connectivity index (χ1v) is 10.2. The van der Waals surface area contributed by atoms with E-state index in [1.807, 2.05) is 48.5 Å². The number of nitrogens with zero attached hydrogens (tertiary/aromatic N) is 2. The van der Waals surface area contributed by atoms with E-state index < -0.39 is 0 Å². The van der Waals surface area contributed by atoms with Crippen LogP contribution in [0.2, 0.25) is 0 Å². The Balaban J connectivity index is 1.58. The van der Waals surface area contributed by atoms with Gasteiger partial charge in [0.15, 0.2) is 0 Å². The van der Waals surface area contributed by atoms with Gasteiger partial charge in [-0.2, -0.15) is 0 Å². The minimum absolute atomic E-state index is 0.757. The number of benzene rings is 4. The van der Waals surface area contributed by atoms with Gasteiger partial charge in [0, 0.05) is 70.0 Å². The molecule has 1 heterocycles. The van der Waals surface area contributed by atoms with Crippen molar-refractivity contribution in [2.45, 2.75) is 0 Å². The van der Waals surface area contributed by atoms with Crippen LogP contribution in [0.4, 0.5) is 34.1 Å². The smallest absolute Gasteiger partial charge is 0.0490 e. The average Bonchev–Trinajstić information content (AvgIpc) is 3.06. The molecular formula is C26H25N5. The molecule has 0 aliphatic heterocycles. The monoisotopic (exact) mass is 407 g/mol. The molecule has 0 saturated carbocycles. The summed E-state index contributed by atoms with van der Waals surface area (Å²) in [7, 11) is 4.19. The number of rotatable bonds is 4. The van der Waals surface area contributed by atoms with Crippen LogP contribution in [0.25, 0.3) is 21.8 Å². The molecule has 154 valence electrons. The molecule has 5 aromatic rings. The summed E-state index contributed by atoms with van der Waals surface area (Å²) >= 11 is 0. The van der Waals surface area contributed by atoms with E-state index in [2.05, 4.69) is 65.3 Å². The third kappa shape index (κ3) is 3.40. The summed E-state index contributed by atoms with van der Waals surface area (Å²) in [6.07, 6.45) is 0. The molecule has 0 spiro atoms. The first-order chi connectivity index (χ1) is 15.0. The molecule has 0 aliphatic carbocycles. The standard InChI is InChI=1S/C26H25N5/c1-30(21-10-5-18(28)6-11-21)22-12-14-26-24(16-22)23-15-20(9-13-25(23)31(26)2)29-19-7-3-17(27)4-8-19/h3-16,29H,27-28H2,1-2H3. The second-order valence-corrected chi connectivity index (χ2v) is 7.89. The first-order valence-electron chi connectivity index (χ1n) is 10.2. The lowest BCUT2D eigenvalue weighted by molar-refractivity contribution is 1.01. The zero-order chi connectivity index (χ0) is 21.5. The number of hydrogen-bond acceptors (Lipinski definition) is 4. The van der Waals surface area contributed by atoms with Gasteiger partial charge in [-0.25, -0.2) is 0 Å². The van der Waals surface area contributed by atoms with Crippen molar-refractivity contribution >= 4 is 55.9 Å². The van der Waals surface area contributed by atoms with Crippen molar-refractivity contribution in [1.82, 2.24) is 4.57 Å². The minimum Gasteiger partial charge on any atom is -0.399 e. The van der Waals surface area contributed by atoms with Crippen LogP contribution in [0, 0.1) is 0 Å². The lowest BCUT2D eigenvalue weighted by Crippen LogP contribution is -2.09. The van der Waals surface area contributed by atoms with Gasteiger partial charge in [0.25, 0.3) is 0 Å². The van der Waals surface area contributed by atoms with Gasteiger partial charge in [0.1, 0.15) is 0 Å². The molecule has 0 fully saturated rings. The highest BCUT2D eigenvalue weighted by molar-refractivity contribution is 6.10. The van der Waals surface area contributed by atoms with E-state index in [0.717, 1.165) is 34.1 Å². The summed E-state index contributed by atoms with van der Waals surface area (Å²) in [6, 6.07) is 28.8. The molecule has 4 aromatic carbocycles. The maximum Gasteiger partial charge on any atom is 0.0490 e. The second-order valence-electron chi connectivity index (χ2n) is 7.89. The Morgan fingerprint density at radius 1 is 0.645 bits per heavy atom. The highest BCUT2D eigenvalue weighted by Crippen LogP contribution is 2.35.